The van der Waals surface area contributed by atoms with Crippen molar-refractivity contribution in [1.82, 2.24) is 0 Å². The lowest BCUT2D eigenvalue weighted by atomic mass is 9.97. The Labute approximate surface area is 220 Å². The lowest BCUT2D eigenvalue weighted by Crippen LogP contribution is -2.29. The van der Waals surface area contributed by atoms with E-state index in [1.54, 1.807) is 30.2 Å². The Morgan fingerprint density at radius 2 is 1.78 bits per heavy atom. The molecule has 0 bridgehead atoms. The van der Waals surface area contributed by atoms with Gasteiger partial charge in [-0.15, -0.1) is 0 Å². The van der Waals surface area contributed by atoms with E-state index < -0.39 is 6.04 Å². The van der Waals surface area contributed by atoms with Gasteiger partial charge >= 0.3 is 0 Å². The van der Waals surface area contributed by atoms with E-state index in [1.807, 2.05) is 50.2 Å². The van der Waals surface area contributed by atoms with E-state index in [1.165, 1.54) is 0 Å². The van der Waals surface area contributed by atoms with Crippen LogP contribution in [0.15, 0.2) is 63.8 Å². The summed E-state index contributed by atoms with van der Waals surface area (Å²) >= 11 is 6.20. The standard InChI is InChI=1S/C30H28ClNO5/c1-5-6-13-36-24-11-8-19(15-25(24)35-4)27-26-28(33)22-16-20(31)9-12-23(22)37-29(26)30(34)32(27)21-10-7-17(2)18(3)14-21/h7-12,14-16,27H,5-6,13H2,1-4H3. The van der Waals surface area contributed by atoms with Gasteiger partial charge in [0.2, 0.25) is 5.76 Å². The Hall–Kier alpha value is -3.77. The largest absolute Gasteiger partial charge is 0.493 e. The van der Waals surface area contributed by atoms with Crippen LogP contribution in [-0.4, -0.2) is 19.6 Å². The van der Waals surface area contributed by atoms with Gasteiger partial charge in [-0.2, -0.15) is 0 Å². The predicted octanol–water partition coefficient (Wildman–Crippen LogP) is 7.00. The molecule has 0 aliphatic carbocycles. The van der Waals surface area contributed by atoms with Crippen LogP contribution < -0.4 is 19.8 Å². The molecular formula is C30H28ClNO5. The lowest BCUT2D eigenvalue weighted by molar-refractivity contribution is 0.0971. The number of methoxy groups -OCH3 is 1. The van der Waals surface area contributed by atoms with Crippen molar-refractivity contribution >= 4 is 34.2 Å². The second-order valence-electron chi connectivity index (χ2n) is 9.27. The van der Waals surface area contributed by atoms with E-state index in [-0.39, 0.29) is 22.7 Å². The van der Waals surface area contributed by atoms with Crippen LogP contribution in [0.3, 0.4) is 0 Å². The number of benzene rings is 3. The molecule has 3 aromatic carbocycles. The number of unbranched alkanes of at least 4 members (excludes halogenated alkanes) is 1. The molecule has 0 N–H and O–H groups in total. The SMILES string of the molecule is CCCCOc1ccc(C2c3c(oc4ccc(Cl)cc4c3=O)C(=O)N2c2ccc(C)c(C)c2)cc1OC. The zero-order valence-corrected chi connectivity index (χ0v) is 22.0. The molecule has 0 saturated carbocycles. The van der Waals surface area contributed by atoms with Gasteiger partial charge < -0.3 is 13.9 Å². The van der Waals surface area contributed by atoms with Crippen LogP contribution in [0, 0.1) is 13.8 Å². The number of aryl methyl sites for hydroxylation is 2. The average molecular weight is 518 g/mol. The van der Waals surface area contributed by atoms with Gasteiger partial charge in [-0.1, -0.05) is 37.1 Å². The minimum Gasteiger partial charge on any atom is -0.493 e. The third-order valence-electron chi connectivity index (χ3n) is 6.86. The number of amides is 1. The van der Waals surface area contributed by atoms with Crippen molar-refractivity contribution in [2.75, 3.05) is 18.6 Å². The van der Waals surface area contributed by atoms with Gasteiger partial charge in [-0.05, 0) is 79.4 Å². The van der Waals surface area contributed by atoms with Crippen molar-refractivity contribution in [2.24, 2.45) is 0 Å². The summed E-state index contributed by atoms with van der Waals surface area (Å²) in [4.78, 5) is 29.3. The van der Waals surface area contributed by atoms with E-state index in [9.17, 15) is 9.59 Å². The highest BCUT2D eigenvalue weighted by Gasteiger charge is 2.44. The van der Waals surface area contributed by atoms with Crippen molar-refractivity contribution in [1.29, 1.82) is 0 Å². The summed E-state index contributed by atoms with van der Waals surface area (Å²) in [6, 6.07) is 15.4. The fraction of sp³-hybridized carbons (Fsp3) is 0.267. The molecule has 4 aromatic rings. The minimum atomic E-state index is -0.720. The molecule has 6 nitrogen and oxygen atoms in total. The van der Waals surface area contributed by atoms with Gasteiger partial charge in [0.1, 0.15) is 5.58 Å². The lowest BCUT2D eigenvalue weighted by Gasteiger charge is -2.26. The van der Waals surface area contributed by atoms with Gasteiger partial charge in [-0.25, -0.2) is 0 Å². The van der Waals surface area contributed by atoms with Gasteiger partial charge in [0.05, 0.1) is 30.7 Å². The van der Waals surface area contributed by atoms with Gasteiger partial charge in [0, 0.05) is 10.7 Å². The predicted molar refractivity (Wildman–Crippen MR) is 145 cm³/mol. The Morgan fingerprint density at radius 3 is 2.51 bits per heavy atom. The number of ether oxygens (including phenoxy) is 2. The van der Waals surface area contributed by atoms with Crippen LogP contribution in [0.5, 0.6) is 11.5 Å². The monoisotopic (exact) mass is 517 g/mol. The first-order valence-corrected chi connectivity index (χ1v) is 12.7. The average Bonchev–Trinajstić information content (AvgIpc) is 3.19. The maximum absolute atomic E-state index is 13.8. The highest BCUT2D eigenvalue weighted by atomic mass is 35.5. The van der Waals surface area contributed by atoms with E-state index in [0.717, 1.165) is 24.0 Å². The number of fused-ring (bicyclic) bond motifs is 2. The molecule has 2 heterocycles. The first kappa shape index (κ1) is 24.9. The Bertz CT molecular complexity index is 1570. The maximum Gasteiger partial charge on any atom is 0.295 e. The first-order chi connectivity index (χ1) is 17.8. The van der Waals surface area contributed by atoms with Crippen LogP contribution in [0.1, 0.15) is 58.6 Å². The molecular weight excluding hydrogens is 490 g/mol. The molecule has 1 unspecified atom stereocenters. The smallest absolute Gasteiger partial charge is 0.295 e. The second kappa shape index (κ2) is 9.94. The fourth-order valence-corrected chi connectivity index (χ4v) is 4.87. The number of hydrogen-bond acceptors (Lipinski definition) is 5. The van der Waals surface area contributed by atoms with E-state index in [2.05, 4.69) is 6.92 Å². The molecule has 0 spiro atoms. The van der Waals surface area contributed by atoms with Gasteiger partial charge in [0.15, 0.2) is 16.9 Å². The molecule has 0 saturated heterocycles. The number of halogens is 1. The molecule has 190 valence electrons. The Kier molecular flexibility index (Phi) is 6.69. The second-order valence-corrected chi connectivity index (χ2v) is 9.71. The molecule has 37 heavy (non-hydrogen) atoms. The minimum absolute atomic E-state index is 0.0327. The normalized spacial score (nSPS) is 14.8. The first-order valence-electron chi connectivity index (χ1n) is 12.3. The maximum atomic E-state index is 13.8. The molecule has 1 aliphatic rings. The zero-order chi connectivity index (χ0) is 26.3. The molecule has 1 amide bonds. The zero-order valence-electron chi connectivity index (χ0n) is 21.3. The summed E-state index contributed by atoms with van der Waals surface area (Å²) in [5.41, 5.74) is 3.83. The molecule has 1 aliphatic heterocycles. The van der Waals surface area contributed by atoms with E-state index >= 15 is 0 Å². The van der Waals surface area contributed by atoms with Crippen molar-refractivity contribution in [2.45, 2.75) is 39.7 Å². The van der Waals surface area contributed by atoms with Crippen LogP contribution >= 0.6 is 11.6 Å². The van der Waals surface area contributed by atoms with E-state index in [4.69, 9.17) is 25.5 Å². The highest BCUT2D eigenvalue weighted by molar-refractivity contribution is 6.31. The summed E-state index contributed by atoms with van der Waals surface area (Å²) in [7, 11) is 1.57. The molecule has 1 atom stereocenters. The Morgan fingerprint density at radius 1 is 0.973 bits per heavy atom. The van der Waals surface area contributed by atoms with Gasteiger partial charge in [-0.3, -0.25) is 14.5 Å². The number of nitrogens with zero attached hydrogens (tertiary/aromatic N) is 1. The molecule has 0 radical (unpaired) electrons. The Balaban J connectivity index is 1.73. The topological polar surface area (TPSA) is 69.0 Å². The summed E-state index contributed by atoms with van der Waals surface area (Å²) in [5.74, 6) is 0.798. The molecule has 0 fully saturated rings. The van der Waals surface area contributed by atoms with Crippen LogP contribution in [0.4, 0.5) is 5.69 Å². The van der Waals surface area contributed by atoms with Crippen molar-refractivity contribution in [3.8, 4) is 11.5 Å². The third kappa shape index (κ3) is 4.36. The molecule has 1 aromatic heterocycles. The number of carbonyl (C=O) groups excluding carboxylic acids is 1. The summed E-state index contributed by atoms with van der Waals surface area (Å²) in [6.45, 7) is 6.68. The van der Waals surface area contributed by atoms with Gasteiger partial charge in [0.25, 0.3) is 5.91 Å². The number of rotatable bonds is 7. The van der Waals surface area contributed by atoms with Crippen molar-refractivity contribution in [3.63, 3.8) is 0 Å². The summed E-state index contributed by atoms with van der Waals surface area (Å²) < 4.78 is 17.6. The molecule has 5 rings (SSSR count). The van der Waals surface area contributed by atoms with Crippen molar-refractivity contribution < 1.29 is 18.7 Å². The molecule has 7 heteroatoms. The van der Waals surface area contributed by atoms with Crippen LogP contribution in [0.2, 0.25) is 5.02 Å². The van der Waals surface area contributed by atoms with E-state index in [0.29, 0.717) is 45.3 Å². The summed E-state index contributed by atoms with van der Waals surface area (Å²) in [6.07, 6.45) is 1.94. The van der Waals surface area contributed by atoms with Crippen molar-refractivity contribution in [3.05, 3.63) is 97.9 Å². The fourth-order valence-electron chi connectivity index (χ4n) is 4.70. The summed E-state index contributed by atoms with van der Waals surface area (Å²) in [5, 5.41) is 0.749. The number of hydrogen-bond donors (Lipinski definition) is 0. The quantitative estimate of drug-likeness (QED) is 0.247. The number of anilines is 1. The van der Waals surface area contributed by atoms with Crippen LogP contribution in [-0.2, 0) is 0 Å². The number of carbonyl (C=O) groups is 1. The van der Waals surface area contributed by atoms with Crippen LogP contribution in [0.25, 0.3) is 11.0 Å². The highest BCUT2D eigenvalue weighted by Crippen LogP contribution is 2.43. The third-order valence-corrected chi connectivity index (χ3v) is 7.09.